The van der Waals surface area contributed by atoms with Crippen molar-refractivity contribution in [1.82, 2.24) is 0 Å². The predicted molar refractivity (Wildman–Crippen MR) is 86.7 cm³/mol. The molecule has 0 amide bonds. The zero-order valence-electron chi connectivity index (χ0n) is 13.8. The van der Waals surface area contributed by atoms with Crippen molar-refractivity contribution < 1.29 is 4.43 Å². The van der Waals surface area contributed by atoms with E-state index in [-0.39, 0.29) is 5.04 Å². The molecular weight excluding hydrogens is 248 g/mol. The lowest BCUT2D eigenvalue weighted by molar-refractivity contribution is 0.331. The zero-order valence-corrected chi connectivity index (χ0v) is 14.8. The van der Waals surface area contributed by atoms with Gasteiger partial charge in [-0.25, -0.2) is 0 Å². The summed E-state index contributed by atoms with van der Waals surface area (Å²) in [5, 5.41) is 0.260. The molecule has 0 fully saturated rings. The third kappa shape index (κ3) is 3.64. The van der Waals surface area contributed by atoms with Gasteiger partial charge in [0.25, 0.3) is 0 Å². The SMILES string of the molecule is C=C=C(C)[C@@H]1CCCC(O[Si](C)(C)C(C)(C)C)=C1C. The van der Waals surface area contributed by atoms with E-state index in [0.717, 1.165) is 6.42 Å². The summed E-state index contributed by atoms with van der Waals surface area (Å²) >= 11 is 0. The second kappa shape index (κ2) is 5.72. The number of rotatable bonds is 3. The first-order valence-electron chi connectivity index (χ1n) is 7.35. The Morgan fingerprint density at radius 2 is 1.95 bits per heavy atom. The van der Waals surface area contributed by atoms with Crippen molar-refractivity contribution in [2.75, 3.05) is 0 Å². The average molecular weight is 279 g/mol. The molecule has 0 aromatic rings. The smallest absolute Gasteiger partial charge is 0.250 e. The Bertz CT molecular complexity index is 417. The van der Waals surface area contributed by atoms with Gasteiger partial charge in [-0.3, -0.25) is 0 Å². The summed E-state index contributed by atoms with van der Waals surface area (Å²) in [4.78, 5) is 0. The highest BCUT2D eigenvalue weighted by atomic mass is 28.4. The van der Waals surface area contributed by atoms with E-state index in [2.05, 4.69) is 60.0 Å². The summed E-state index contributed by atoms with van der Waals surface area (Å²) in [5.74, 6) is 1.74. The third-order valence-electron chi connectivity index (χ3n) is 4.85. The lowest BCUT2D eigenvalue weighted by Gasteiger charge is -2.39. The summed E-state index contributed by atoms with van der Waals surface area (Å²) in [6, 6.07) is 0. The van der Waals surface area contributed by atoms with Gasteiger partial charge in [0, 0.05) is 12.3 Å². The molecule has 1 rings (SSSR count). The summed E-state index contributed by atoms with van der Waals surface area (Å²) in [5.41, 5.74) is 5.73. The van der Waals surface area contributed by atoms with E-state index in [1.807, 2.05) is 0 Å². The molecule has 19 heavy (non-hydrogen) atoms. The summed E-state index contributed by atoms with van der Waals surface area (Å²) in [6.45, 7) is 19.7. The molecule has 0 saturated heterocycles. The normalized spacial score (nSPS) is 21.1. The fourth-order valence-electron chi connectivity index (χ4n) is 2.33. The first-order chi connectivity index (χ1) is 8.60. The van der Waals surface area contributed by atoms with Crippen LogP contribution < -0.4 is 0 Å². The Hall–Kier alpha value is -0.723. The topological polar surface area (TPSA) is 9.23 Å². The van der Waals surface area contributed by atoms with E-state index < -0.39 is 8.32 Å². The second-order valence-corrected chi connectivity index (χ2v) is 12.0. The van der Waals surface area contributed by atoms with Gasteiger partial charge in [-0.1, -0.05) is 27.4 Å². The Balaban J connectivity index is 3.03. The van der Waals surface area contributed by atoms with Gasteiger partial charge in [-0.2, -0.15) is 0 Å². The highest BCUT2D eigenvalue weighted by molar-refractivity contribution is 6.74. The van der Waals surface area contributed by atoms with Crippen LogP contribution in [0.1, 0.15) is 53.9 Å². The molecule has 1 atom stereocenters. The van der Waals surface area contributed by atoms with E-state index in [0.29, 0.717) is 5.92 Å². The van der Waals surface area contributed by atoms with Crippen LogP contribution in [-0.4, -0.2) is 8.32 Å². The van der Waals surface area contributed by atoms with Crippen LogP contribution in [0.5, 0.6) is 0 Å². The van der Waals surface area contributed by atoms with Crippen molar-refractivity contribution in [3.63, 3.8) is 0 Å². The van der Waals surface area contributed by atoms with Crippen LogP contribution in [0.2, 0.25) is 18.1 Å². The highest BCUT2D eigenvalue weighted by Crippen LogP contribution is 2.42. The monoisotopic (exact) mass is 278 g/mol. The van der Waals surface area contributed by atoms with Crippen molar-refractivity contribution >= 4 is 8.32 Å². The minimum Gasteiger partial charge on any atom is -0.547 e. The number of hydrogen-bond acceptors (Lipinski definition) is 1. The van der Waals surface area contributed by atoms with E-state index in [4.69, 9.17) is 4.43 Å². The lowest BCUT2D eigenvalue weighted by atomic mass is 9.83. The minimum absolute atomic E-state index is 0.260. The molecular formula is C17H30OSi. The Morgan fingerprint density at radius 1 is 1.37 bits per heavy atom. The Labute approximate surface area is 120 Å². The standard InChI is InChI=1S/C17H30OSi/c1-9-13(2)15-11-10-12-16(14(15)3)18-19(7,8)17(4,5)6/h15H,1,10-12H2,2-8H3/t15-/m0/s1. The first-order valence-corrected chi connectivity index (χ1v) is 10.3. The molecule has 0 heterocycles. The van der Waals surface area contributed by atoms with E-state index in [9.17, 15) is 0 Å². The zero-order chi connectivity index (χ0) is 14.8. The van der Waals surface area contributed by atoms with Gasteiger partial charge in [-0.05, 0) is 56.0 Å². The maximum Gasteiger partial charge on any atom is 0.250 e. The fraction of sp³-hybridized carbons (Fsp3) is 0.706. The molecule has 1 nitrogen and oxygen atoms in total. The largest absolute Gasteiger partial charge is 0.547 e. The number of hydrogen-bond donors (Lipinski definition) is 0. The molecule has 108 valence electrons. The molecule has 0 spiro atoms. The maximum absolute atomic E-state index is 6.54. The highest BCUT2D eigenvalue weighted by Gasteiger charge is 2.40. The summed E-state index contributed by atoms with van der Waals surface area (Å²) in [7, 11) is -1.71. The van der Waals surface area contributed by atoms with E-state index in [1.165, 1.54) is 29.7 Å². The number of allylic oxidation sites excluding steroid dienone is 3. The molecule has 0 aromatic carbocycles. The van der Waals surface area contributed by atoms with Gasteiger partial charge >= 0.3 is 0 Å². The Kier molecular flexibility index (Phi) is 4.92. The van der Waals surface area contributed by atoms with Gasteiger partial charge < -0.3 is 4.43 Å². The van der Waals surface area contributed by atoms with Crippen molar-refractivity contribution in [3.05, 3.63) is 29.2 Å². The summed E-state index contributed by atoms with van der Waals surface area (Å²) in [6.07, 6.45) is 3.52. The lowest BCUT2D eigenvalue weighted by Crippen LogP contribution is -2.41. The van der Waals surface area contributed by atoms with E-state index >= 15 is 0 Å². The van der Waals surface area contributed by atoms with Crippen LogP contribution in [0, 0.1) is 5.92 Å². The van der Waals surface area contributed by atoms with Crippen LogP contribution in [0.25, 0.3) is 0 Å². The van der Waals surface area contributed by atoms with Gasteiger partial charge in [0.1, 0.15) is 0 Å². The minimum atomic E-state index is -1.71. The van der Waals surface area contributed by atoms with Gasteiger partial charge in [0.05, 0.1) is 5.76 Å². The van der Waals surface area contributed by atoms with Crippen LogP contribution in [0.15, 0.2) is 29.2 Å². The molecule has 0 bridgehead atoms. The van der Waals surface area contributed by atoms with Crippen LogP contribution >= 0.6 is 0 Å². The molecule has 0 saturated carbocycles. The molecule has 0 aromatic heterocycles. The molecule has 1 aliphatic rings. The molecule has 1 aliphatic carbocycles. The van der Waals surface area contributed by atoms with Crippen molar-refractivity contribution in [2.45, 2.75) is 72.0 Å². The maximum atomic E-state index is 6.54. The summed E-state index contributed by atoms with van der Waals surface area (Å²) < 4.78 is 6.54. The Morgan fingerprint density at radius 3 is 2.42 bits per heavy atom. The molecule has 0 aliphatic heterocycles. The fourth-order valence-corrected chi connectivity index (χ4v) is 3.52. The average Bonchev–Trinajstić information content (AvgIpc) is 2.29. The van der Waals surface area contributed by atoms with Gasteiger partial charge in [-0.15, -0.1) is 5.73 Å². The van der Waals surface area contributed by atoms with Crippen LogP contribution in [0.4, 0.5) is 0 Å². The van der Waals surface area contributed by atoms with Crippen molar-refractivity contribution in [1.29, 1.82) is 0 Å². The van der Waals surface area contributed by atoms with Gasteiger partial charge in [0.2, 0.25) is 8.32 Å². The molecule has 0 radical (unpaired) electrons. The molecule has 0 unspecified atom stereocenters. The van der Waals surface area contributed by atoms with Gasteiger partial charge in [0.15, 0.2) is 0 Å². The van der Waals surface area contributed by atoms with Crippen LogP contribution in [0.3, 0.4) is 0 Å². The first kappa shape index (κ1) is 16.3. The predicted octanol–water partition coefficient (Wildman–Crippen LogP) is 5.81. The molecule has 0 N–H and O–H groups in total. The van der Waals surface area contributed by atoms with E-state index in [1.54, 1.807) is 0 Å². The quantitative estimate of drug-likeness (QED) is 0.467. The van der Waals surface area contributed by atoms with Crippen molar-refractivity contribution in [3.8, 4) is 0 Å². The third-order valence-corrected chi connectivity index (χ3v) is 9.21. The molecule has 2 heteroatoms. The van der Waals surface area contributed by atoms with Crippen LogP contribution in [-0.2, 0) is 4.43 Å². The van der Waals surface area contributed by atoms with Crippen molar-refractivity contribution in [2.24, 2.45) is 5.92 Å². The second-order valence-electron chi connectivity index (χ2n) is 7.27.